The quantitative estimate of drug-likeness (QED) is 0.783. The van der Waals surface area contributed by atoms with Gasteiger partial charge < -0.3 is 9.32 Å². The lowest BCUT2D eigenvalue weighted by atomic mass is 10.2. The van der Waals surface area contributed by atoms with Crippen molar-refractivity contribution in [2.24, 2.45) is 0 Å². The average Bonchev–Trinajstić information content (AvgIpc) is 3.19. The third-order valence-electron chi connectivity index (χ3n) is 4.26. The molecule has 134 valence electrons. The molecule has 0 N–H and O–H groups in total. The molecule has 1 aliphatic heterocycles. The van der Waals surface area contributed by atoms with Crippen molar-refractivity contribution in [3.63, 3.8) is 0 Å². The Hall–Kier alpha value is -1.93. The molecule has 2 heterocycles. The predicted octanol–water partition coefficient (Wildman–Crippen LogP) is 1.97. The highest BCUT2D eigenvalue weighted by Crippen LogP contribution is 2.21. The van der Waals surface area contributed by atoms with Gasteiger partial charge in [-0.1, -0.05) is 11.6 Å². The maximum atomic E-state index is 12.3. The van der Waals surface area contributed by atoms with Gasteiger partial charge in [0.25, 0.3) is 0 Å². The van der Waals surface area contributed by atoms with Gasteiger partial charge >= 0.3 is 0 Å². The largest absolute Gasteiger partial charge is 0.421 e. The van der Waals surface area contributed by atoms with Crippen molar-refractivity contribution in [3.05, 3.63) is 35.2 Å². The number of aryl methyl sites for hydroxylation is 1. The molecular weight excluding hydrogens is 366 g/mol. The van der Waals surface area contributed by atoms with Crippen molar-refractivity contribution in [3.8, 4) is 11.5 Å². The zero-order valence-corrected chi connectivity index (χ0v) is 15.3. The molecule has 7 nitrogen and oxygen atoms in total. The molecule has 0 saturated carbocycles. The van der Waals surface area contributed by atoms with E-state index < -0.39 is 9.84 Å². The van der Waals surface area contributed by atoms with Gasteiger partial charge in [-0.15, -0.1) is 10.2 Å². The Morgan fingerprint density at radius 1 is 1.32 bits per heavy atom. The molecule has 1 unspecified atom stereocenters. The molecule has 1 saturated heterocycles. The van der Waals surface area contributed by atoms with Gasteiger partial charge in [-0.25, -0.2) is 8.42 Å². The molecule has 1 aromatic carbocycles. The number of halogens is 1. The third-order valence-corrected chi connectivity index (χ3v) is 6.26. The summed E-state index contributed by atoms with van der Waals surface area (Å²) in [5.74, 6) is 0.786. The summed E-state index contributed by atoms with van der Waals surface area (Å²) in [7, 11) is -1.38. The van der Waals surface area contributed by atoms with Crippen LogP contribution in [0.15, 0.2) is 28.7 Å². The monoisotopic (exact) mass is 383 g/mol. The van der Waals surface area contributed by atoms with Crippen LogP contribution in [-0.4, -0.2) is 54.0 Å². The SMILES string of the molecule is CN(C(=O)CCc1nnc(-c2ccc(Cl)cc2)o1)C1CCS(=O)(=O)C1. The number of hydrogen-bond donors (Lipinski definition) is 0. The number of aromatic nitrogens is 2. The van der Waals surface area contributed by atoms with E-state index in [2.05, 4.69) is 10.2 Å². The minimum atomic E-state index is -3.02. The molecule has 25 heavy (non-hydrogen) atoms. The van der Waals surface area contributed by atoms with Gasteiger partial charge in [-0.3, -0.25) is 4.79 Å². The van der Waals surface area contributed by atoms with Crippen LogP contribution in [0.4, 0.5) is 0 Å². The van der Waals surface area contributed by atoms with E-state index in [0.29, 0.717) is 29.6 Å². The molecule has 2 aromatic rings. The zero-order chi connectivity index (χ0) is 18.0. The lowest BCUT2D eigenvalue weighted by Crippen LogP contribution is -2.37. The number of carbonyl (C=O) groups is 1. The van der Waals surface area contributed by atoms with Gasteiger partial charge in [0.2, 0.25) is 17.7 Å². The summed E-state index contributed by atoms with van der Waals surface area (Å²) in [5.41, 5.74) is 0.753. The van der Waals surface area contributed by atoms with Crippen molar-refractivity contribution >= 4 is 27.3 Å². The van der Waals surface area contributed by atoms with E-state index in [1.54, 1.807) is 31.3 Å². The van der Waals surface area contributed by atoms with Crippen LogP contribution in [0, 0.1) is 0 Å². The van der Waals surface area contributed by atoms with Crippen molar-refractivity contribution in [1.82, 2.24) is 15.1 Å². The number of rotatable bonds is 5. The second-order valence-corrected chi connectivity index (χ2v) is 8.73. The minimum absolute atomic E-state index is 0.0382. The smallest absolute Gasteiger partial charge is 0.247 e. The highest BCUT2D eigenvalue weighted by molar-refractivity contribution is 7.91. The first-order chi connectivity index (χ1) is 11.8. The molecule has 1 amide bonds. The van der Waals surface area contributed by atoms with Crippen molar-refractivity contribution < 1.29 is 17.6 Å². The second-order valence-electron chi connectivity index (χ2n) is 6.07. The van der Waals surface area contributed by atoms with Crippen molar-refractivity contribution in [2.45, 2.75) is 25.3 Å². The van der Waals surface area contributed by atoms with Crippen LogP contribution in [0.2, 0.25) is 5.02 Å². The normalized spacial score (nSPS) is 19.0. The topological polar surface area (TPSA) is 93.4 Å². The van der Waals surface area contributed by atoms with Gasteiger partial charge in [0.1, 0.15) is 0 Å². The van der Waals surface area contributed by atoms with E-state index in [1.807, 2.05) is 0 Å². The molecular formula is C16H18ClN3O4S. The van der Waals surface area contributed by atoms with Crippen LogP contribution in [0.5, 0.6) is 0 Å². The van der Waals surface area contributed by atoms with Crippen LogP contribution < -0.4 is 0 Å². The van der Waals surface area contributed by atoms with E-state index in [4.69, 9.17) is 16.0 Å². The van der Waals surface area contributed by atoms with E-state index in [1.165, 1.54) is 4.90 Å². The Labute approximate surface area is 150 Å². The third kappa shape index (κ3) is 4.38. The van der Waals surface area contributed by atoms with Gasteiger partial charge in [0, 0.05) is 36.5 Å². The number of benzene rings is 1. The number of hydrogen-bond acceptors (Lipinski definition) is 6. The molecule has 0 radical (unpaired) electrons. The van der Waals surface area contributed by atoms with Crippen LogP contribution in [0.25, 0.3) is 11.5 Å². The average molecular weight is 384 g/mol. The molecule has 3 rings (SSSR count). The summed E-state index contributed by atoms with van der Waals surface area (Å²) in [4.78, 5) is 13.8. The van der Waals surface area contributed by atoms with E-state index in [0.717, 1.165) is 5.56 Å². The van der Waals surface area contributed by atoms with Crippen LogP contribution >= 0.6 is 11.6 Å². The lowest BCUT2D eigenvalue weighted by Gasteiger charge is -2.23. The number of nitrogens with zero attached hydrogens (tertiary/aromatic N) is 3. The molecule has 1 aromatic heterocycles. The summed E-state index contributed by atoms with van der Waals surface area (Å²) < 4.78 is 28.6. The standard InChI is InChI=1S/C16H18ClN3O4S/c1-20(13-8-9-25(22,23)10-13)15(21)7-6-14-18-19-16(24-14)11-2-4-12(17)5-3-11/h2-5,13H,6-10H2,1H3. The molecule has 9 heteroatoms. The highest BCUT2D eigenvalue weighted by Gasteiger charge is 2.32. The fourth-order valence-electron chi connectivity index (χ4n) is 2.74. The fraction of sp³-hybridized carbons (Fsp3) is 0.438. The van der Waals surface area contributed by atoms with Crippen molar-refractivity contribution in [2.75, 3.05) is 18.6 Å². The Balaban J connectivity index is 1.57. The van der Waals surface area contributed by atoms with Gasteiger partial charge in [0.15, 0.2) is 9.84 Å². The molecule has 1 atom stereocenters. The summed E-state index contributed by atoms with van der Waals surface area (Å²) in [6.45, 7) is 0. The summed E-state index contributed by atoms with van der Waals surface area (Å²) >= 11 is 5.84. The molecule has 0 aliphatic carbocycles. The van der Waals surface area contributed by atoms with Crippen LogP contribution in [-0.2, 0) is 21.1 Å². The molecule has 0 spiro atoms. The Bertz CT molecular complexity index is 864. The highest BCUT2D eigenvalue weighted by atomic mass is 35.5. The maximum Gasteiger partial charge on any atom is 0.247 e. The second kappa shape index (κ2) is 7.13. The van der Waals surface area contributed by atoms with Crippen LogP contribution in [0.3, 0.4) is 0 Å². The van der Waals surface area contributed by atoms with E-state index >= 15 is 0 Å². The molecule has 1 aliphatic rings. The van der Waals surface area contributed by atoms with Gasteiger partial charge in [-0.05, 0) is 30.7 Å². The summed E-state index contributed by atoms with van der Waals surface area (Å²) in [6.07, 6.45) is 0.990. The minimum Gasteiger partial charge on any atom is -0.421 e. The first-order valence-electron chi connectivity index (χ1n) is 7.88. The molecule has 1 fully saturated rings. The van der Waals surface area contributed by atoms with Crippen LogP contribution in [0.1, 0.15) is 18.7 Å². The first-order valence-corrected chi connectivity index (χ1v) is 10.1. The first kappa shape index (κ1) is 17.9. The van der Waals surface area contributed by atoms with Gasteiger partial charge in [0.05, 0.1) is 11.5 Å². The number of amides is 1. The number of sulfone groups is 1. The van der Waals surface area contributed by atoms with Gasteiger partial charge in [-0.2, -0.15) is 0 Å². The Morgan fingerprint density at radius 2 is 2.04 bits per heavy atom. The molecule has 0 bridgehead atoms. The maximum absolute atomic E-state index is 12.3. The summed E-state index contributed by atoms with van der Waals surface area (Å²) in [6, 6.07) is 6.77. The Kier molecular flexibility index (Phi) is 5.10. The van der Waals surface area contributed by atoms with E-state index in [-0.39, 0.29) is 29.9 Å². The lowest BCUT2D eigenvalue weighted by molar-refractivity contribution is -0.131. The fourth-order valence-corrected chi connectivity index (χ4v) is 4.64. The summed E-state index contributed by atoms with van der Waals surface area (Å²) in [5, 5.41) is 8.54. The van der Waals surface area contributed by atoms with Crippen molar-refractivity contribution in [1.29, 1.82) is 0 Å². The number of carbonyl (C=O) groups excluding carboxylic acids is 1. The zero-order valence-electron chi connectivity index (χ0n) is 13.7. The Morgan fingerprint density at radius 3 is 2.68 bits per heavy atom. The van der Waals surface area contributed by atoms with E-state index in [9.17, 15) is 13.2 Å². The predicted molar refractivity (Wildman–Crippen MR) is 92.9 cm³/mol.